The summed E-state index contributed by atoms with van der Waals surface area (Å²) in [6.45, 7) is 1.75. The van der Waals surface area contributed by atoms with Gasteiger partial charge >= 0.3 is 0 Å². The third-order valence-electron chi connectivity index (χ3n) is 2.91. The Labute approximate surface area is 129 Å². The van der Waals surface area contributed by atoms with Gasteiger partial charge in [0, 0.05) is 9.37 Å². The van der Waals surface area contributed by atoms with Crippen LogP contribution in [0.2, 0.25) is 0 Å². The molecule has 0 aliphatic carbocycles. The first-order valence-corrected chi connectivity index (χ1v) is 7.75. The number of hydrogen-bond donors (Lipinski definition) is 1. The van der Waals surface area contributed by atoms with E-state index < -0.39 is 6.10 Å². The maximum atomic E-state index is 9.57. The Balaban J connectivity index is 1.90. The van der Waals surface area contributed by atoms with Gasteiger partial charge in [0.15, 0.2) is 5.58 Å². The topological polar surface area (TPSA) is 46.3 Å². The Hall–Kier alpha value is -1.30. The molecule has 102 valence electrons. The lowest BCUT2D eigenvalue weighted by Gasteiger charge is -2.07. The van der Waals surface area contributed by atoms with Crippen LogP contribution in [-0.2, 0) is 0 Å². The van der Waals surface area contributed by atoms with Crippen LogP contribution in [0.4, 0.5) is 0 Å². The number of benzene rings is 2. The summed E-state index contributed by atoms with van der Waals surface area (Å²) in [5.74, 6) is 0. The molecule has 1 N–H and O–H groups in total. The number of hydrogen-bond acceptors (Lipinski definition) is 4. The molecule has 1 heterocycles. The van der Waals surface area contributed by atoms with Gasteiger partial charge in [0.2, 0.25) is 0 Å². The highest BCUT2D eigenvalue weighted by atomic mass is 79.9. The fourth-order valence-electron chi connectivity index (χ4n) is 1.85. The van der Waals surface area contributed by atoms with Crippen LogP contribution in [0.1, 0.15) is 18.6 Å². The molecule has 3 aromatic rings. The average molecular weight is 350 g/mol. The van der Waals surface area contributed by atoms with Gasteiger partial charge in [-0.25, -0.2) is 4.98 Å². The number of para-hydroxylation sites is 2. The number of aliphatic hydroxyl groups excluding tert-OH is 1. The van der Waals surface area contributed by atoms with Crippen molar-refractivity contribution in [2.75, 3.05) is 0 Å². The van der Waals surface area contributed by atoms with Crippen molar-refractivity contribution >= 4 is 38.8 Å². The smallest absolute Gasteiger partial charge is 0.261 e. The van der Waals surface area contributed by atoms with Gasteiger partial charge in [-0.05, 0) is 64.4 Å². The second-order valence-electron chi connectivity index (χ2n) is 4.42. The van der Waals surface area contributed by atoms with E-state index in [1.54, 1.807) is 6.92 Å². The first kappa shape index (κ1) is 13.7. The number of fused-ring (bicyclic) bond motifs is 1. The molecule has 0 aliphatic rings. The zero-order valence-corrected chi connectivity index (χ0v) is 13.1. The van der Waals surface area contributed by atoms with Gasteiger partial charge < -0.3 is 9.52 Å². The summed E-state index contributed by atoms with van der Waals surface area (Å²) in [4.78, 5) is 5.43. The lowest BCUT2D eigenvalue weighted by Crippen LogP contribution is -1.90. The van der Waals surface area contributed by atoms with Crippen molar-refractivity contribution in [3.63, 3.8) is 0 Å². The van der Waals surface area contributed by atoms with Crippen LogP contribution in [0.15, 0.2) is 61.5 Å². The molecule has 20 heavy (non-hydrogen) atoms. The summed E-state index contributed by atoms with van der Waals surface area (Å²) in [6, 6.07) is 13.5. The zero-order chi connectivity index (χ0) is 14.1. The second kappa shape index (κ2) is 5.60. The Morgan fingerprint density at radius 2 is 2.05 bits per heavy atom. The monoisotopic (exact) mass is 349 g/mol. The Morgan fingerprint density at radius 1 is 1.25 bits per heavy atom. The molecule has 5 heteroatoms. The number of rotatable bonds is 3. The molecule has 0 saturated heterocycles. The molecule has 3 rings (SSSR count). The van der Waals surface area contributed by atoms with Crippen molar-refractivity contribution in [1.29, 1.82) is 0 Å². The molecule has 0 spiro atoms. The van der Waals surface area contributed by atoms with E-state index in [2.05, 4.69) is 20.9 Å². The summed E-state index contributed by atoms with van der Waals surface area (Å²) in [5.41, 5.74) is 2.51. The van der Waals surface area contributed by atoms with E-state index in [9.17, 15) is 5.11 Å². The van der Waals surface area contributed by atoms with Gasteiger partial charge in [-0.1, -0.05) is 18.2 Å². The lowest BCUT2D eigenvalue weighted by atomic mass is 10.1. The molecule has 0 bridgehead atoms. The highest BCUT2D eigenvalue weighted by Crippen LogP contribution is 2.35. The molecule has 1 atom stereocenters. The Bertz CT molecular complexity index is 721. The summed E-state index contributed by atoms with van der Waals surface area (Å²) >= 11 is 4.97. The first-order chi connectivity index (χ1) is 9.63. The Morgan fingerprint density at radius 3 is 2.75 bits per heavy atom. The molecule has 0 fully saturated rings. The molecular formula is C15H12BrNO2S. The van der Waals surface area contributed by atoms with E-state index in [-0.39, 0.29) is 0 Å². The number of nitrogens with zero attached hydrogens (tertiary/aromatic N) is 1. The first-order valence-electron chi connectivity index (χ1n) is 6.14. The third-order valence-corrected chi connectivity index (χ3v) is 4.75. The van der Waals surface area contributed by atoms with Gasteiger partial charge in [-0.15, -0.1) is 0 Å². The van der Waals surface area contributed by atoms with E-state index in [1.165, 1.54) is 11.8 Å². The second-order valence-corrected chi connectivity index (χ2v) is 6.26. The SMILES string of the molecule is C[C@H](O)c1ccc(Sc2nc3ccccc3o2)c(Br)c1. The van der Waals surface area contributed by atoms with Crippen molar-refractivity contribution in [2.45, 2.75) is 23.1 Å². The maximum Gasteiger partial charge on any atom is 0.261 e. The molecule has 0 saturated carbocycles. The molecule has 2 aromatic carbocycles. The quantitative estimate of drug-likeness (QED) is 0.737. The standard InChI is InChI=1S/C15H12BrNO2S/c1-9(18)10-6-7-14(11(16)8-10)20-15-17-12-4-2-3-5-13(12)19-15/h2-9,18H,1H3/t9-/m0/s1. The fourth-order valence-corrected chi connectivity index (χ4v) is 3.24. The van der Waals surface area contributed by atoms with Crippen LogP contribution in [0, 0.1) is 0 Å². The van der Waals surface area contributed by atoms with Crippen molar-refractivity contribution in [2.24, 2.45) is 0 Å². The van der Waals surface area contributed by atoms with Crippen LogP contribution < -0.4 is 0 Å². The normalized spacial score (nSPS) is 12.8. The molecule has 3 nitrogen and oxygen atoms in total. The predicted octanol–water partition coefficient (Wildman–Crippen LogP) is 4.79. The minimum atomic E-state index is -0.477. The number of oxazole rings is 1. The molecule has 0 aliphatic heterocycles. The van der Waals surface area contributed by atoms with Crippen LogP contribution in [0.3, 0.4) is 0 Å². The minimum absolute atomic E-state index is 0.477. The van der Waals surface area contributed by atoms with E-state index >= 15 is 0 Å². The van der Waals surface area contributed by atoms with Crippen LogP contribution in [-0.4, -0.2) is 10.1 Å². The van der Waals surface area contributed by atoms with Crippen molar-refractivity contribution in [3.05, 3.63) is 52.5 Å². The molecule has 0 radical (unpaired) electrons. The summed E-state index contributed by atoms with van der Waals surface area (Å²) in [7, 11) is 0. The summed E-state index contributed by atoms with van der Waals surface area (Å²) in [5, 5.41) is 10.2. The molecule has 0 unspecified atom stereocenters. The number of aliphatic hydroxyl groups is 1. The van der Waals surface area contributed by atoms with Gasteiger partial charge in [-0.3, -0.25) is 0 Å². The fraction of sp³-hybridized carbons (Fsp3) is 0.133. The van der Waals surface area contributed by atoms with Gasteiger partial charge in [0.1, 0.15) is 5.52 Å². The van der Waals surface area contributed by atoms with Gasteiger partial charge in [0.05, 0.1) is 6.10 Å². The van der Waals surface area contributed by atoms with Crippen LogP contribution in [0.5, 0.6) is 0 Å². The highest BCUT2D eigenvalue weighted by molar-refractivity contribution is 9.10. The third kappa shape index (κ3) is 2.75. The van der Waals surface area contributed by atoms with Crippen LogP contribution in [0.25, 0.3) is 11.1 Å². The lowest BCUT2D eigenvalue weighted by molar-refractivity contribution is 0.199. The molecule has 0 amide bonds. The van der Waals surface area contributed by atoms with Gasteiger partial charge in [0.25, 0.3) is 5.22 Å². The molecule has 1 aromatic heterocycles. The number of halogens is 1. The van der Waals surface area contributed by atoms with E-state index in [4.69, 9.17) is 4.42 Å². The van der Waals surface area contributed by atoms with Gasteiger partial charge in [-0.2, -0.15) is 0 Å². The highest BCUT2D eigenvalue weighted by Gasteiger charge is 2.11. The Kier molecular flexibility index (Phi) is 3.83. The van der Waals surface area contributed by atoms with Crippen molar-refractivity contribution in [3.8, 4) is 0 Å². The van der Waals surface area contributed by atoms with Crippen molar-refractivity contribution < 1.29 is 9.52 Å². The van der Waals surface area contributed by atoms with E-state index in [0.717, 1.165) is 26.0 Å². The predicted molar refractivity (Wildman–Crippen MR) is 82.9 cm³/mol. The average Bonchev–Trinajstić information content (AvgIpc) is 2.83. The zero-order valence-electron chi connectivity index (χ0n) is 10.7. The number of aromatic nitrogens is 1. The largest absolute Gasteiger partial charge is 0.431 e. The van der Waals surface area contributed by atoms with E-state index in [1.807, 2.05) is 42.5 Å². The van der Waals surface area contributed by atoms with Crippen molar-refractivity contribution in [1.82, 2.24) is 4.98 Å². The minimum Gasteiger partial charge on any atom is -0.431 e. The maximum absolute atomic E-state index is 9.57. The summed E-state index contributed by atoms with van der Waals surface area (Å²) < 4.78 is 6.61. The van der Waals surface area contributed by atoms with Crippen LogP contribution >= 0.6 is 27.7 Å². The summed E-state index contributed by atoms with van der Waals surface area (Å²) in [6.07, 6.45) is -0.477. The van der Waals surface area contributed by atoms with E-state index in [0.29, 0.717) is 5.22 Å². The molecular weight excluding hydrogens is 338 g/mol.